The number of unbranched alkanes of at least 4 members (excludes halogenated alkanes) is 2. The molecule has 3 aliphatic carbocycles. The van der Waals surface area contributed by atoms with Crippen molar-refractivity contribution < 1.29 is 48.6 Å². The minimum Gasteiger partial charge on any atom is -0.497 e. The molecule has 5 atom stereocenters. The predicted molar refractivity (Wildman–Crippen MR) is 182 cm³/mol. The van der Waals surface area contributed by atoms with Crippen LogP contribution in [0.3, 0.4) is 0 Å². The lowest BCUT2D eigenvalue weighted by atomic mass is 9.80. The summed E-state index contributed by atoms with van der Waals surface area (Å²) in [7, 11) is 3.17. The molecule has 1 saturated heterocycles. The van der Waals surface area contributed by atoms with E-state index in [0.29, 0.717) is 63.3 Å². The predicted octanol–water partition coefficient (Wildman–Crippen LogP) is 4.22. The van der Waals surface area contributed by atoms with E-state index in [-0.39, 0.29) is 18.6 Å². The molecule has 13 heteroatoms. The Hall–Kier alpha value is -2.94. The Morgan fingerprint density at radius 1 is 1.04 bits per heavy atom. The number of hydrogen-bond donors (Lipinski definition) is 4. The SMILES string of the molecule is COc1cc(OC)cc(-c2cc(CCCCCOC(=O)C3(O)C[C@@H](O)C(O)[C@H](O)C3)c(C=C3SC(=S)N(C4CC5CCC4C5)C3=O)o2)c1. The number of benzene rings is 1. The highest BCUT2D eigenvalue weighted by Gasteiger charge is 2.50. The van der Waals surface area contributed by atoms with Gasteiger partial charge in [0.05, 0.1) is 37.9 Å². The van der Waals surface area contributed by atoms with E-state index in [1.807, 2.05) is 23.1 Å². The van der Waals surface area contributed by atoms with E-state index in [1.165, 1.54) is 24.6 Å². The molecule has 0 spiro atoms. The van der Waals surface area contributed by atoms with Gasteiger partial charge in [0.15, 0.2) is 5.60 Å². The van der Waals surface area contributed by atoms with Crippen LogP contribution in [0, 0.1) is 11.8 Å². The number of carbonyl (C=O) groups excluding carboxylic acids is 2. The van der Waals surface area contributed by atoms with Crippen molar-refractivity contribution in [2.24, 2.45) is 11.8 Å². The molecule has 1 aromatic carbocycles. The van der Waals surface area contributed by atoms with Gasteiger partial charge < -0.3 is 39.1 Å². The molecule has 48 heavy (non-hydrogen) atoms. The van der Waals surface area contributed by atoms with Crippen molar-refractivity contribution in [1.29, 1.82) is 0 Å². The van der Waals surface area contributed by atoms with Gasteiger partial charge in [0.25, 0.3) is 5.91 Å². The number of amides is 1. The highest BCUT2D eigenvalue weighted by molar-refractivity contribution is 8.26. The molecular weight excluding hydrogens is 659 g/mol. The summed E-state index contributed by atoms with van der Waals surface area (Å²) >= 11 is 7.03. The Morgan fingerprint density at radius 3 is 2.38 bits per heavy atom. The summed E-state index contributed by atoms with van der Waals surface area (Å²) in [6, 6.07) is 7.63. The molecule has 2 aromatic rings. The zero-order chi connectivity index (χ0) is 34.2. The number of methoxy groups -OCH3 is 2. The van der Waals surface area contributed by atoms with Crippen LogP contribution in [0.2, 0.25) is 0 Å². The summed E-state index contributed by atoms with van der Waals surface area (Å²) in [4.78, 5) is 28.6. The topological polar surface area (TPSA) is 159 Å². The Kier molecular flexibility index (Phi) is 10.5. The molecule has 3 saturated carbocycles. The van der Waals surface area contributed by atoms with Crippen molar-refractivity contribution in [1.82, 2.24) is 4.90 Å². The van der Waals surface area contributed by atoms with Crippen molar-refractivity contribution in [2.45, 2.75) is 94.2 Å². The number of thiocarbonyl (C=S) groups is 1. The highest BCUT2D eigenvalue weighted by atomic mass is 32.2. The number of aliphatic hydroxyl groups is 4. The number of rotatable bonds is 12. The Morgan fingerprint density at radius 2 is 1.75 bits per heavy atom. The van der Waals surface area contributed by atoms with Crippen LogP contribution in [-0.2, 0) is 20.7 Å². The van der Waals surface area contributed by atoms with Gasteiger partial charge in [-0.25, -0.2) is 4.79 Å². The van der Waals surface area contributed by atoms with E-state index in [2.05, 4.69) is 0 Å². The molecule has 2 heterocycles. The molecular formula is C35H43NO10S2. The van der Waals surface area contributed by atoms with Gasteiger partial charge in [-0.1, -0.05) is 30.4 Å². The normalized spacial score (nSPS) is 30.8. The van der Waals surface area contributed by atoms with E-state index in [9.17, 15) is 30.0 Å². The van der Waals surface area contributed by atoms with Crippen molar-refractivity contribution in [3.05, 3.63) is 40.5 Å². The third-order valence-electron chi connectivity index (χ3n) is 10.2. The first-order valence-electron chi connectivity index (χ1n) is 16.6. The standard InChI is InChI=1S/C35H43NO10S2/c1-43-23-12-22(13-24(15-23)44-2)28-14-21(6-4-3-5-9-45-33(41)35(42)17-26(37)31(39)27(38)18-35)29(46-28)16-30-32(40)36(34(47)48-30)25-11-19-7-8-20(25)10-19/h12-16,19-20,25-27,31,37-39,42H,3-11,17-18H2,1-2H3/t19?,20?,25?,26-,27-,31?,35?/m1/s1. The molecule has 0 radical (unpaired) electrons. The Balaban J connectivity index is 1.13. The fourth-order valence-electron chi connectivity index (χ4n) is 7.60. The molecule has 1 aliphatic heterocycles. The maximum absolute atomic E-state index is 13.7. The molecule has 6 rings (SSSR count). The highest BCUT2D eigenvalue weighted by Crippen LogP contribution is 2.49. The van der Waals surface area contributed by atoms with Crippen LogP contribution in [0.1, 0.15) is 69.1 Å². The lowest BCUT2D eigenvalue weighted by molar-refractivity contribution is -0.192. The first-order valence-corrected chi connectivity index (χ1v) is 17.8. The molecule has 2 bridgehead atoms. The van der Waals surface area contributed by atoms with Gasteiger partial charge in [-0.3, -0.25) is 9.69 Å². The van der Waals surface area contributed by atoms with Gasteiger partial charge in [-0.05, 0) is 80.5 Å². The van der Waals surface area contributed by atoms with Gasteiger partial charge >= 0.3 is 5.97 Å². The molecule has 4 N–H and O–H groups in total. The van der Waals surface area contributed by atoms with E-state index in [4.69, 9.17) is 30.8 Å². The second kappa shape index (κ2) is 14.5. The lowest BCUT2D eigenvalue weighted by Crippen LogP contribution is -2.56. The second-order valence-electron chi connectivity index (χ2n) is 13.4. The van der Waals surface area contributed by atoms with Gasteiger partial charge in [-0.15, -0.1) is 0 Å². The molecule has 4 fully saturated rings. The summed E-state index contributed by atoms with van der Waals surface area (Å²) in [6.45, 7) is 0.0501. The van der Waals surface area contributed by atoms with Crippen LogP contribution in [0.5, 0.6) is 11.5 Å². The van der Waals surface area contributed by atoms with Crippen LogP contribution in [0.25, 0.3) is 17.4 Å². The minimum atomic E-state index is -2.05. The largest absolute Gasteiger partial charge is 0.497 e. The van der Waals surface area contributed by atoms with Crippen molar-refractivity contribution >= 4 is 46.3 Å². The number of aryl methyl sites for hydroxylation is 1. The third-order valence-corrected chi connectivity index (χ3v) is 11.5. The van der Waals surface area contributed by atoms with Gasteiger partial charge in [0, 0.05) is 36.6 Å². The number of fused-ring (bicyclic) bond motifs is 2. The summed E-state index contributed by atoms with van der Waals surface area (Å²) in [6.07, 6.45) is 3.84. The van der Waals surface area contributed by atoms with Gasteiger partial charge in [-0.2, -0.15) is 0 Å². The summed E-state index contributed by atoms with van der Waals surface area (Å²) in [5.41, 5.74) is -0.384. The molecule has 4 aliphatic rings. The van der Waals surface area contributed by atoms with Gasteiger partial charge in [0.1, 0.15) is 33.4 Å². The van der Waals surface area contributed by atoms with Crippen LogP contribution in [-0.4, -0.2) is 92.3 Å². The van der Waals surface area contributed by atoms with Crippen LogP contribution in [0.15, 0.2) is 33.6 Å². The summed E-state index contributed by atoms with van der Waals surface area (Å²) in [5, 5.41) is 40.2. The third kappa shape index (κ3) is 7.17. The smallest absolute Gasteiger partial charge is 0.338 e. The van der Waals surface area contributed by atoms with Crippen LogP contribution >= 0.6 is 24.0 Å². The van der Waals surface area contributed by atoms with Gasteiger partial charge in [0.2, 0.25) is 0 Å². The summed E-state index contributed by atoms with van der Waals surface area (Å²) in [5.74, 6) is 2.61. The number of esters is 1. The fourth-order valence-corrected chi connectivity index (χ4v) is 8.94. The molecule has 260 valence electrons. The molecule has 1 amide bonds. The average Bonchev–Trinajstić information content (AvgIpc) is 3.85. The molecule has 11 nitrogen and oxygen atoms in total. The van der Waals surface area contributed by atoms with Crippen molar-refractivity contribution in [2.75, 3.05) is 20.8 Å². The number of nitrogens with zero attached hydrogens (tertiary/aromatic N) is 1. The van der Waals surface area contributed by atoms with E-state index < -0.39 is 42.7 Å². The Labute approximate surface area is 289 Å². The second-order valence-corrected chi connectivity index (χ2v) is 15.1. The number of carbonyl (C=O) groups is 2. The number of aliphatic hydroxyl groups excluding tert-OH is 3. The fraction of sp³-hybridized carbons (Fsp3) is 0.571. The first-order chi connectivity index (χ1) is 23.0. The summed E-state index contributed by atoms with van der Waals surface area (Å²) < 4.78 is 23.2. The zero-order valence-corrected chi connectivity index (χ0v) is 28.8. The van der Waals surface area contributed by atoms with Crippen molar-refractivity contribution in [3.63, 3.8) is 0 Å². The zero-order valence-electron chi connectivity index (χ0n) is 27.1. The Bertz CT molecular complexity index is 1540. The van der Waals surface area contributed by atoms with E-state index >= 15 is 0 Å². The number of hydrogen-bond acceptors (Lipinski definition) is 12. The molecule has 3 unspecified atom stereocenters. The van der Waals surface area contributed by atoms with Crippen molar-refractivity contribution in [3.8, 4) is 22.8 Å². The van der Waals surface area contributed by atoms with Crippen LogP contribution < -0.4 is 9.47 Å². The van der Waals surface area contributed by atoms with E-state index in [1.54, 1.807) is 26.4 Å². The monoisotopic (exact) mass is 701 g/mol. The lowest BCUT2D eigenvalue weighted by Gasteiger charge is -2.38. The number of ether oxygens (including phenoxy) is 3. The van der Waals surface area contributed by atoms with E-state index in [0.717, 1.165) is 30.4 Å². The number of furan rings is 1. The van der Waals surface area contributed by atoms with Crippen LogP contribution in [0.4, 0.5) is 0 Å². The minimum absolute atomic E-state index is 0.0501. The maximum Gasteiger partial charge on any atom is 0.338 e. The number of thioether (sulfide) groups is 1. The molecule has 1 aromatic heterocycles. The average molecular weight is 702 g/mol. The first kappa shape index (κ1) is 34.9. The maximum atomic E-state index is 13.7. The quantitative estimate of drug-likeness (QED) is 0.108.